The lowest BCUT2D eigenvalue weighted by molar-refractivity contribution is -0.118. The Morgan fingerprint density at radius 1 is 1.44 bits per heavy atom. The molecule has 2 rings (SSSR count). The van der Waals surface area contributed by atoms with Crippen molar-refractivity contribution >= 4 is 27.3 Å². The maximum atomic E-state index is 11.1. The van der Waals surface area contributed by atoms with Crippen LogP contribution >= 0.6 is 0 Å². The maximum absolute atomic E-state index is 11.1. The first-order valence-corrected chi connectivity index (χ1v) is 6.38. The monoisotopic (exact) mass is 242 g/mol. The summed E-state index contributed by atoms with van der Waals surface area (Å²) in [6.45, 7) is -0.0602. The largest absolute Gasteiger partial charge is 0.481 e. The molecule has 0 fully saturated rings. The first-order valence-electron chi connectivity index (χ1n) is 4.49. The Labute approximate surface area is 92.7 Å². The van der Waals surface area contributed by atoms with Crippen LogP contribution in [-0.4, -0.2) is 27.2 Å². The topological polar surface area (TPSA) is 84.5 Å². The van der Waals surface area contributed by atoms with Gasteiger partial charge in [-0.1, -0.05) is 6.07 Å². The number of fused-ring (bicyclic) bond motifs is 1. The maximum Gasteiger partial charge on any atom is 0.262 e. The molecule has 1 aliphatic heterocycles. The molecule has 7 heteroatoms. The van der Waals surface area contributed by atoms with Gasteiger partial charge in [-0.3, -0.25) is 9.52 Å². The first kappa shape index (κ1) is 10.7. The van der Waals surface area contributed by atoms with Crippen molar-refractivity contribution in [3.63, 3.8) is 0 Å². The first-order chi connectivity index (χ1) is 7.46. The van der Waals surface area contributed by atoms with Crippen LogP contribution in [0.4, 0.5) is 11.4 Å². The number of carbonyl (C=O) groups excluding carboxylic acids is 1. The van der Waals surface area contributed by atoms with Gasteiger partial charge in [-0.2, -0.15) is 0 Å². The highest BCUT2D eigenvalue weighted by molar-refractivity contribution is 7.92. The van der Waals surface area contributed by atoms with Crippen LogP contribution in [0.15, 0.2) is 18.2 Å². The third-order valence-corrected chi connectivity index (χ3v) is 2.54. The van der Waals surface area contributed by atoms with Gasteiger partial charge < -0.3 is 10.1 Å². The molecule has 0 radical (unpaired) electrons. The van der Waals surface area contributed by atoms with Gasteiger partial charge in [0, 0.05) is 0 Å². The molecule has 0 aliphatic carbocycles. The zero-order valence-electron chi connectivity index (χ0n) is 8.48. The van der Waals surface area contributed by atoms with Gasteiger partial charge in [-0.05, 0) is 12.1 Å². The highest BCUT2D eigenvalue weighted by Crippen LogP contribution is 2.34. The average Bonchev–Trinajstić information content (AvgIpc) is 2.17. The summed E-state index contributed by atoms with van der Waals surface area (Å²) < 4.78 is 29.7. The van der Waals surface area contributed by atoms with Gasteiger partial charge in [-0.25, -0.2) is 8.42 Å². The molecule has 1 heterocycles. The van der Waals surface area contributed by atoms with Gasteiger partial charge in [0.05, 0.1) is 11.9 Å². The number of hydrogen-bond donors (Lipinski definition) is 2. The lowest BCUT2D eigenvalue weighted by atomic mass is 10.2. The number of benzene rings is 1. The molecule has 0 atom stereocenters. The molecule has 6 nitrogen and oxygen atoms in total. The van der Waals surface area contributed by atoms with Gasteiger partial charge in [0.25, 0.3) is 5.91 Å². The normalized spacial score (nSPS) is 14.7. The number of amides is 1. The zero-order valence-corrected chi connectivity index (χ0v) is 9.30. The standard InChI is InChI=1S/C9H10N2O4S/c1-16(13,14)11-6-3-2-4-7-9(6)10-8(12)5-15-7/h2-4,11H,5H2,1H3,(H,10,12). The van der Waals surface area contributed by atoms with Gasteiger partial charge in [0.1, 0.15) is 11.4 Å². The highest BCUT2D eigenvalue weighted by Gasteiger charge is 2.19. The van der Waals surface area contributed by atoms with E-state index in [2.05, 4.69) is 10.0 Å². The molecule has 2 N–H and O–H groups in total. The van der Waals surface area contributed by atoms with Crippen molar-refractivity contribution in [2.24, 2.45) is 0 Å². The highest BCUT2D eigenvalue weighted by atomic mass is 32.2. The molecule has 1 aromatic rings. The average molecular weight is 242 g/mol. The van der Waals surface area contributed by atoms with Crippen molar-refractivity contribution in [1.29, 1.82) is 0 Å². The van der Waals surface area contributed by atoms with Crippen molar-refractivity contribution in [3.8, 4) is 5.75 Å². The van der Waals surface area contributed by atoms with E-state index in [-0.39, 0.29) is 12.5 Å². The fourth-order valence-electron chi connectivity index (χ4n) is 1.38. The van der Waals surface area contributed by atoms with Crippen molar-refractivity contribution in [3.05, 3.63) is 18.2 Å². The number of para-hydroxylation sites is 1. The quantitative estimate of drug-likeness (QED) is 0.785. The molecule has 0 aromatic heterocycles. The summed E-state index contributed by atoms with van der Waals surface area (Å²) in [6, 6.07) is 4.85. The van der Waals surface area contributed by atoms with E-state index in [1.54, 1.807) is 18.2 Å². The number of rotatable bonds is 2. The summed E-state index contributed by atoms with van der Waals surface area (Å²) in [4.78, 5) is 11.1. The van der Waals surface area contributed by atoms with E-state index in [4.69, 9.17) is 4.74 Å². The SMILES string of the molecule is CS(=O)(=O)Nc1cccc2c1NC(=O)CO2. The minimum atomic E-state index is -3.38. The molecule has 0 saturated heterocycles. The Kier molecular flexibility index (Phi) is 2.47. The second-order valence-corrected chi connectivity index (χ2v) is 5.14. The van der Waals surface area contributed by atoms with Gasteiger partial charge in [0.2, 0.25) is 10.0 Å². The van der Waals surface area contributed by atoms with Crippen LogP contribution in [0.1, 0.15) is 0 Å². The molecule has 1 aromatic carbocycles. The smallest absolute Gasteiger partial charge is 0.262 e. The van der Waals surface area contributed by atoms with Gasteiger partial charge in [0.15, 0.2) is 6.61 Å². The molecule has 0 unspecified atom stereocenters. The number of carbonyl (C=O) groups is 1. The number of ether oxygens (including phenoxy) is 1. The number of hydrogen-bond acceptors (Lipinski definition) is 4. The Hall–Kier alpha value is -1.76. The minimum Gasteiger partial charge on any atom is -0.481 e. The Bertz CT molecular complexity index is 538. The molecular formula is C9H10N2O4S. The Morgan fingerprint density at radius 2 is 2.19 bits per heavy atom. The summed E-state index contributed by atoms with van der Waals surface area (Å²) >= 11 is 0. The van der Waals surface area contributed by atoms with Crippen molar-refractivity contribution in [2.75, 3.05) is 22.9 Å². The lowest BCUT2D eigenvalue weighted by Gasteiger charge is -2.20. The summed E-state index contributed by atoms with van der Waals surface area (Å²) in [6.07, 6.45) is 1.04. The van der Waals surface area contributed by atoms with Gasteiger partial charge in [-0.15, -0.1) is 0 Å². The minimum absolute atomic E-state index is 0.0602. The molecule has 16 heavy (non-hydrogen) atoms. The van der Waals surface area contributed by atoms with E-state index in [1.165, 1.54) is 0 Å². The molecule has 0 bridgehead atoms. The third kappa shape index (κ3) is 2.25. The van der Waals surface area contributed by atoms with Crippen LogP contribution in [0.3, 0.4) is 0 Å². The predicted molar refractivity (Wildman–Crippen MR) is 59.0 cm³/mol. The van der Waals surface area contributed by atoms with E-state index < -0.39 is 10.0 Å². The fourth-order valence-corrected chi connectivity index (χ4v) is 1.95. The van der Waals surface area contributed by atoms with Crippen LogP contribution in [0.5, 0.6) is 5.75 Å². The predicted octanol–water partition coefficient (Wildman–Crippen LogP) is 0.389. The van der Waals surface area contributed by atoms with Crippen molar-refractivity contribution in [2.45, 2.75) is 0 Å². The molecule has 0 spiro atoms. The van der Waals surface area contributed by atoms with E-state index in [0.717, 1.165) is 6.26 Å². The van der Waals surface area contributed by atoms with E-state index in [0.29, 0.717) is 17.1 Å². The Morgan fingerprint density at radius 3 is 2.88 bits per heavy atom. The van der Waals surface area contributed by atoms with Crippen LogP contribution in [0.25, 0.3) is 0 Å². The van der Waals surface area contributed by atoms with Crippen LogP contribution < -0.4 is 14.8 Å². The van der Waals surface area contributed by atoms with E-state index in [9.17, 15) is 13.2 Å². The summed E-state index contributed by atoms with van der Waals surface area (Å²) in [5.74, 6) is 0.142. The lowest BCUT2D eigenvalue weighted by Crippen LogP contribution is -2.26. The van der Waals surface area contributed by atoms with Gasteiger partial charge >= 0.3 is 0 Å². The van der Waals surface area contributed by atoms with Crippen LogP contribution in [-0.2, 0) is 14.8 Å². The van der Waals surface area contributed by atoms with Crippen LogP contribution in [0.2, 0.25) is 0 Å². The van der Waals surface area contributed by atoms with E-state index in [1.807, 2.05) is 0 Å². The second kappa shape index (κ2) is 3.67. The zero-order chi connectivity index (χ0) is 11.8. The number of anilines is 2. The number of nitrogens with one attached hydrogen (secondary N) is 2. The van der Waals surface area contributed by atoms with Crippen LogP contribution in [0, 0.1) is 0 Å². The molecule has 0 saturated carbocycles. The molecule has 1 aliphatic rings. The Balaban J connectivity index is 2.43. The van der Waals surface area contributed by atoms with Crippen molar-refractivity contribution < 1.29 is 17.9 Å². The summed E-state index contributed by atoms with van der Waals surface area (Å²) in [7, 11) is -3.38. The molecule has 86 valence electrons. The third-order valence-electron chi connectivity index (χ3n) is 1.94. The summed E-state index contributed by atoms with van der Waals surface area (Å²) in [5, 5.41) is 2.56. The number of sulfonamides is 1. The van der Waals surface area contributed by atoms with E-state index >= 15 is 0 Å². The fraction of sp³-hybridized carbons (Fsp3) is 0.222. The molecule has 1 amide bonds. The van der Waals surface area contributed by atoms with Crippen molar-refractivity contribution in [1.82, 2.24) is 0 Å². The second-order valence-electron chi connectivity index (χ2n) is 3.39. The molecular weight excluding hydrogens is 232 g/mol. The summed E-state index contributed by atoms with van der Waals surface area (Å²) in [5.41, 5.74) is 0.650.